The number of likely N-dealkylation sites (N-methyl/N-ethyl adjacent to an activating group) is 2. The molecule has 0 N–H and O–H groups in total. The number of nitrogens with zero attached hydrogens (tertiary/aromatic N) is 2. The number of rotatable bonds is 6. The van der Waals surface area contributed by atoms with Gasteiger partial charge in [0.25, 0.3) is 0 Å². The smallest absolute Gasteiger partial charge is 0.308 e. The van der Waals surface area contributed by atoms with Gasteiger partial charge in [-0.15, -0.1) is 0 Å². The maximum atomic E-state index is 12.6. The van der Waals surface area contributed by atoms with E-state index in [9.17, 15) is 14.7 Å². The van der Waals surface area contributed by atoms with E-state index in [4.69, 9.17) is 28.4 Å². The number of hydrogen-bond acceptors (Lipinski definition) is 10. The van der Waals surface area contributed by atoms with Crippen LogP contribution in [0.5, 0.6) is 46.0 Å². The van der Waals surface area contributed by atoms with E-state index in [2.05, 4.69) is 11.9 Å². The summed E-state index contributed by atoms with van der Waals surface area (Å²) < 4.78 is 37.0. The molecule has 4 aliphatic rings. The number of esters is 1. The molecule has 52 heavy (non-hydrogen) atoms. The zero-order valence-electron chi connectivity index (χ0n) is 30.4. The van der Waals surface area contributed by atoms with Gasteiger partial charge in [0.2, 0.25) is 5.75 Å². The Morgan fingerprint density at radius 2 is 1.54 bits per heavy atom. The van der Waals surface area contributed by atoms with Gasteiger partial charge in [-0.3, -0.25) is 9.69 Å². The van der Waals surface area contributed by atoms with Crippen LogP contribution in [0.15, 0.2) is 60.7 Å². The highest BCUT2D eigenvalue weighted by Gasteiger charge is 2.41. The van der Waals surface area contributed by atoms with E-state index < -0.39 is 11.9 Å². The van der Waals surface area contributed by atoms with Crippen molar-refractivity contribution in [1.82, 2.24) is 4.90 Å². The summed E-state index contributed by atoms with van der Waals surface area (Å²) in [6.45, 7) is 2.57. The lowest BCUT2D eigenvalue weighted by Crippen LogP contribution is -2.56. The fourth-order valence-electron chi connectivity index (χ4n) is 8.05. The van der Waals surface area contributed by atoms with Crippen molar-refractivity contribution in [2.45, 2.75) is 44.7 Å². The lowest BCUT2D eigenvalue weighted by Gasteiger charge is -2.46. The molecule has 4 aromatic rings. The highest BCUT2D eigenvalue weighted by Crippen LogP contribution is 2.52. The topological polar surface area (TPSA) is 116 Å². The van der Waals surface area contributed by atoms with Crippen LogP contribution in [0.25, 0.3) is 0 Å². The van der Waals surface area contributed by atoms with Crippen molar-refractivity contribution >= 4 is 11.9 Å². The van der Waals surface area contributed by atoms with Crippen LogP contribution >= 0.6 is 0 Å². The average molecular weight is 709 g/mol. The number of methoxy groups -OCH3 is 3. The molecular formula is C41H44N2O9. The summed E-state index contributed by atoms with van der Waals surface area (Å²) in [6, 6.07) is 19.2. The largest absolute Gasteiger partial charge is 0.544 e. The van der Waals surface area contributed by atoms with Gasteiger partial charge in [0.1, 0.15) is 18.3 Å². The Labute approximate surface area is 303 Å². The standard InChI is InChI=1S/C41H44N2O9/c1-24(44)50-40-37(49-6)21-28-13-15-42(2)31-17-26-9-12-33(47-4)35(19-26)51-29-10-7-25(8-11-29)18-32-30-22-36(52-41(40)39(28)31)34(48-5)20-27(30)14-16-43(32,3)23-38(45)46/h7-12,19-22,31-32H,13-18,23H2,1-6H3. The molecule has 4 aromatic carbocycles. The zero-order valence-corrected chi connectivity index (χ0v) is 30.4. The molecule has 0 saturated heterocycles. The predicted octanol–water partition coefficient (Wildman–Crippen LogP) is 5.34. The molecule has 0 aromatic heterocycles. The predicted molar refractivity (Wildman–Crippen MR) is 191 cm³/mol. The van der Waals surface area contributed by atoms with Crippen molar-refractivity contribution in [2.75, 3.05) is 55.1 Å². The molecule has 3 atom stereocenters. The summed E-state index contributed by atoms with van der Waals surface area (Å²) >= 11 is 0. The molecule has 0 spiro atoms. The molecule has 0 aliphatic carbocycles. The van der Waals surface area contributed by atoms with E-state index >= 15 is 0 Å². The van der Waals surface area contributed by atoms with Gasteiger partial charge in [-0.1, -0.05) is 18.2 Å². The average Bonchev–Trinajstić information content (AvgIpc) is 3.11. The molecule has 11 nitrogen and oxygen atoms in total. The molecule has 11 heteroatoms. The molecule has 0 saturated carbocycles. The Kier molecular flexibility index (Phi) is 9.50. The van der Waals surface area contributed by atoms with Crippen LogP contribution in [0, 0.1) is 0 Å². The summed E-state index contributed by atoms with van der Waals surface area (Å²) in [7, 11) is 8.79. The summed E-state index contributed by atoms with van der Waals surface area (Å²) in [4.78, 5) is 27.1. The van der Waals surface area contributed by atoms with Gasteiger partial charge in [0.15, 0.2) is 34.5 Å². The third kappa shape index (κ3) is 6.62. The lowest BCUT2D eigenvalue weighted by atomic mass is 9.86. The zero-order chi connectivity index (χ0) is 36.7. The summed E-state index contributed by atoms with van der Waals surface area (Å²) in [5.41, 5.74) is 5.90. The number of carboxylic acids is 1. The number of carboxylic acid groups (broad SMARTS) is 1. The van der Waals surface area contributed by atoms with Gasteiger partial charge in [-0.25, -0.2) is 0 Å². The van der Waals surface area contributed by atoms with E-state index in [0.29, 0.717) is 72.5 Å². The van der Waals surface area contributed by atoms with Crippen molar-refractivity contribution < 1.29 is 47.6 Å². The number of ether oxygens (including phenoxy) is 6. The quantitative estimate of drug-likeness (QED) is 0.148. The molecule has 4 aliphatic heterocycles. The number of quaternary nitrogens is 1. The van der Waals surface area contributed by atoms with Crippen molar-refractivity contribution in [3.8, 4) is 46.0 Å². The maximum absolute atomic E-state index is 12.6. The van der Waals surface area contributed by atoms with Crippen LogP contribution in [0.4, 0.5) is 0 Å². The minimum Gasteiger partial charge on any atom is -0.544 e. The third-order valence-corrected chi connectivity index (χ3v) is 10.8. The fraction of sp³-hybridized carbons (Fsp3) is 0.366. The minimum absolute atomic E-state index is 0.155. The van der Waals surface area contributed by atoms with Crippen LogP contribution in [0.1, 0.15) is 52.4 Å². The number of fused-ring (bicyclic) bond motifs is 2. The van der Waals surface area contributed by atoms with Gasteiger partial charge >= 0.3 is 5.97 Å². The van der Waals surface area contributed by atoms with Crippen molar-refractivity contribution in [3.63, 3.8) is 0 Å². The van der Waals surface area contributed by atoms with Crippen LogP contribution in [0.2, 0.25) is 0 Å². The lowest BCUT2D eigenvalue weighted by molar-refractivity contribution is -0.936. The highest BCUT2D eigenvalue weighted by atomic mass is 16.6. The maximum Gasteiger partial charge on any atom is 0.308 e. The van der Waals surface area contributed by atoms with Gasteiger partial charge in [0.05, 0.1) is 40.9 Å². The normalized spacial score (nSPS) is 20.7. The fourth-order valence-corrected chi connectivity index (χ4v) is 8.05. The second-order valence-electron chi connectivity index (χ2n) is 14.1. The minimum atomic E-state index is -1.11. The van der Waals surface area contributed by atoms with E-state index in [1.54, 1.807) is 21.3 Å². The molecule has 0 amide bonds. The molecule has 4 heterocycles. The van der Waals surface area contributed by atoms with Crippen molar-refractivity contribution in [1.29, 1.82) is 0 Å². The summed E-state index contributed by atoms with van der Waals surface area (Å²) in [5, 5.41) is 12.2. The second kappa shape index (κ2) is 14.0. The van der Waals surface area contributed by atoms with Gasteiger partial charge in [-0.2, -0.15) is 0 Å². The molecule has 6 bridgehead atoms. The van der Waals surface area contributed by atoms with E-state index in [1.807, 2.05) is 67.7 Å². The van der Waals surface area contributed by atoms with Gasteiger partial charge < -0.3 is 42.8 Å². The first kappa shape index (κ1) is 35.2. The molecule has 8 rings (SSSR count). The Morgan fingerprint density at radius 3 is 2.23 bits per heavy atom. The first-order valence-corrected chi connectivity index (χ1v) is 17.5. The number of carbonyl (C=O) groups excluding carboxylic acids is 2. The third-order valence-electron chi connectivity index (χ3n) is 10.8. The highest BCUT2D eigenvalue weighted by molar-refractivity contribution is 5.74. The Morgan fingerprint density at radius 1 is 0.846 bits per heavy atom. The molecule has 272 valence electrons. The van der Waals surface area contributed by atoms with Crippen molar-refractivity contribution in [3.05, 3.63) is 94.0 Å². The molecular weight excluding hydrogens is 664 g/mol. The van der Waals surface area contributed by atoms with Gasteiger partial charge in [-0.05, 0) is 84.6 Å². The van der Waals surface area contributed by atoms with Crippen LogP contribution < -0.4 is 33.5 Å². The number of benzene rings is 4. The van der Waals surface area contributed by atoms with E-state index in [-0.39, 0.29) is 28.9 Å². The van der Waals surface area contributed by atoms with Gasteiger partial charge in [0, 0.05) is 43.5 Å². The van der Waals surface area contributed by atoms with Crippen LogP contribution in [-0.2, 0) is 35.3 Å². The van der Waals surface area contributed by atoms with Crippen LogP contribution in [-0.4, -0.2) is 76.4 Å². The molecule has 0 fully saturated rings. The first-order valence-electron chi connectivity index (χ1n) is 17.5. The monoisotopic (exact) mass is 708 g/mol. The summed E-state index contributed by atoms with van der Waals surface area (Å²) in [5.74, 6) is 2.04. The Bertz CT molecular complexity index is 2030. The summed E-state index contributed by atoms with van der Waals surface area (Å²) in [6.07, 6.45) is 2.47. The number of aliphatic carboxylic acids is 1. The van der Waals surface area contributed by atoms with E-state index in [1.165, 1.54) is 6.92 Å². The van der Waals surface area contributed by atoms with Crippen molar-refractivity contribution in [2.24, 2.45) is 0 Å². The number of hydrogen-bond donors (Lipinski definition) is 0. The first-order chi connectivity index (χ1) is 25.0. The molecule has 3 unspecified atom stereocenters. The van der Waals surface area contributed by atoms with Crippen LogP contribution in [0.3, 0.4) is 0 Å². The van der Waals surface area contributed by atoms with E-state index in [0.717, 1.165) is 39.9 Å². The second-order valence-corrected chi connectivity index (χ2v) is 14.1. The Hall–Kier alpha value is -5.26. The SMILES string of the molecule is COc1ccc2cc1Oc1ccc(cc1)CC1c3cc(c(OC)cc3CC[N+]1(C)CC(=O)[O-])Oc1c(OC(C)=O)c(OC)cc3c1C(C2)N(C)CC3. The Balaban J connectivity index is 1.50. The number of carbonyl (C=O) groups is 2. The molecule has 0 radical (unpaired) electrons.